The van der Waals surface area contributed by atoms with Crippen molar-refractivity contribution in [1.29, 1.82) is 0 Å². The zero-order valence-corrected chi connectivity index (χ0v) is 12.0. The molecular formula is C15H18N2O4. The van der Waals surface area contributed by atoms with Crippen LogP contribution in [0.2, 0.25) is 0 Å². The molecule has 2 aliphatic heterocycles. The van der Waals surface area contributed by atoms with E-state index in [9.17, 15) is 9.59 Å². The molecule has 0 N–H and O–H groups in total. The number of anilines is 1. The number of amides is 2. The Morgan fingerprint density at radius 1 is 1.19 bits per heavy atom. The summed E-state index contributed by atoms with van der Waals surface area (Å²) in [6.07, 6.45) is 0.345. The van der Waals surface area contributed by atoms with Crippen LogP contribution in [-0.4, -0.2) is 56.7 Å². The molecule has 0 aromatic heterocycles. The number of nitrogens with zero attached hydrogens (tertiary/aromatic N) is 2. The van der Waals surface area contributed by atoms with E-state index < -0.39 is 0 Å². The molecule has 2 aliphatic rings. The molecule has 0 radical (unpaired) electrons. The first-order chi connectivity index (χ1) is 10.2. The Kier molecular flexibility index (Phi) is 3.79. The lowest BCUT2D eigenvalue weighted by Gasteiger charge is -2.27. The highest BCUT2D eigenvalue weighted by Crippen LogP contribution is 2.31. The number of ether oxygens (including phenoxy) is 2. The Morgan fingerprint density at radius 3 is 2.71 bits per heavy atom. The van der Waals surface area contributed by atoms with Crippen LogP contribution in [0.15, 0.2) is 18.2 Å². The molecule has 6 nitrogen and oxygen atoms in total. The van der Waals surface area contributed by atoms with Crippen LogP contribution in [0.3, 0.4) is 0 Å². The van der Waals surface area contributed by atoms with Crippen molar-refractivity contribution in [3.05, 3.63) is 23.8 Å². The van der Waals surface area contributed by atoms with Crippen molar-refractivity contribution in [2.45, 2.75) is 6.42 Å². The van der Waals surface area contributed by atoms with Crippen molar-refractivity contribution in [2.75, 3.05) is 44.9 Å². The SMILES string of the molecule is CN1C(=O)CCOc2ccc(C(=O)N3CCOCC3)cc21. The van der Waals surface area contributed by atoms with Crippen LogP contribution in [0.4, 0.5) is 5.69 Å². The van der Waals surface area contributed by atoms with E-state index in [-0.39, 0.29) is 11.8 Å². The molecule has 1 fully saturated rings. The van der Waals surface area contributed by atoms with Gasteiger partial charge >= 0.3 is 0 Å². The van der Waals surface area contributed by atoms with Crippen molar-refractivity contribution in [3.63, 3.8) is 0 Å². The average molecular weight is 290 g/mol. The largest absolute Gasteiger partial charge is 0.491 e. The number of benzene rings is 1. The Bertz CT molecular complexity index is 567. The van der Waals surface area contributed by atoms with E-state index in [1.165, 1.54) is 0 Å². The van der Waals surface area contributed by atoms with Gasteiger partial charge in [0.25, 0.3) is 5.91 Å². The van der Waals surface area contributed by atoms with Crippen molar-refractivity contribution in [2.24, 2.45) is 0 Å². The van der Waals surface area contributed by atoms with Gasteiger partial charge in [0.15, 0.2) is 0 Å². The average Bonchev–Trinajstić information content (AvgIpc) is 2.67. The van der Waals surface area contributed by atoms with Crippen LogP contribution in [0.1, 0.15) is 16.8 Å². The predicted molar refractivity (Wildman–Crippen MR) is 76.7 cm³/mol. The van der Waals surface area contributed by atoms with E-state index >= 15 is 0 Å². The van der Waals surface area contributed by atoms with Gasteiger partial charge in [-0.2, -0.15) is 0 Å². The van der Waals surface area contributed by atoms with E-state index in [2.05, 4.69) is 0 Å². The van der Waals surface area contributed by atoms with E-state index in [4.69, 9.17) is 9.47 Å². The fraction of sp³-hybridized carbons (Fsp3) is 0.467. The molecular weight excluding hydrogens is 272 g/mol. The molecule has 1 saturated heterocycles. The molecule has 0 atom stereocenters. The Balaban J connectivity index is 1.89. The summed E-state index contributed by atoms with van der Waals surface area (Å²) in [4.78, 5) is 27.7. The topological polar surface area (TPSA) is 59.1 Å². The zero-order chi connectivity index (χ0) is 14.8. The van der Waals surface area contributed by atoms with Crippen LogP contribution in [0.5, 0.6) is 5.75 Å². The second-order valence-corrected chi connectivity index (χ2v) is 5.14. The second kappa shape index (κ2) is 5.73. The second-order valence-electron chi connectivity index (χ2n) is 5.14. The lowest BCUT2D eigenvalue weighted by Crippen LogP contribution is -2.40. The van der Waals surface area contributed by atoms with Crippen molar-refractivity contribution in [1.82, 2.24) is 4.90 Å². The third-order valence-corrected chi connectivity index (χ3v) is 3.81. The minimum Gasteiger partial charge on any atom is -0.491 e. The van der Waals surface area contributed by atoms with Crippen molar-refractivity contribution < 1.29 is 19.1 Å². The summed E-state index contributed by atoms with van der Waals surface area (Å²) in [6.45, 7) is 2.70. The van der Waals surface area contributed by atoms with Crippen molar-refractivity contribution in [3.8, 4) is 5.75 Å². The molecule has 2 amide bonds. The van der Waals surface area contributed by atoms with Crippen LogP contribution in [0.25, 0.3) is 0 Å². The number of morpholine rings is 1. The third-order valence-electron chi connectivity index (χ3n) is 3.81. The predicted octanol–water partition coefficient (Wildman–Crippen LogP) is 0.904. The molecule has 0 saturated carbocycles. The van der Waals surface area contributed by atoms with E-state index in [0.29, 0.717) is 56.3 Å². The summed E-state index contributed by atoms with van der Waals surface area (Å²) in [5.41, 5.74) is 1.22. The summed E-state index contributed by atoms with van der Waals surface area (Å²) < 4.78 is 10.8. The lowest BCUT2D eigenvalue weighted by atomic mass is 10.1. The van der Waals surface area contributed by atoms with Gasteiger partial charge in [-0.05, 0) is 18.2 Å². The molecule has 6 heteroatoms. The Morgan fingerprint density at radius 2 is 1.95 bits per heavy atom. The highest BCUT2D eigenvalue weighted by molar-refractivity contribution is 5.99. The molecule has 0 spiro atoms. The first-order valence-corrected chi connectivity index (χ1v) is 7.07. The molecule has 21 heavy (non-hydrogen) atoms. The number of rotatable bonds is 1. The summed E-state index contributed by atoms with van der Waals surface area (Å²) in [5.74, 6) is 0.595. The number of carbonyl (C=O) groups excluding carboxylic acids is 2. The number of fused-ring (bicyclic) bond motifs is 1. The van der Waals surface area contributed by atoms with Gasteiger partial charge in [-0.3, -0.25) is 9.59 Å². The molecule has 0 aliphatic carbocycles. The number of hydrogen-bond acceptors (Lipinski definition) is 4. The third kappa shape index (κ3) is 2.71. The first-order valence-electron chi connectivity index (χ1n) is 7.07. The smallest absolute Gasteiger partial charge is 0.254 e. The van der Waals surface area contributed by atoms with Gasteiger partial charge in [-0.1, -0.05) is 0 Å². The quantitative estimate of drug-likeness (QED) is 0.771. The summed E-state index contributed by atoms with van der Waals surface area (Å²) in [5, 5.41) is 0. The van der Waals surface area contributed by atoms with Gasteiger partial charge in [-0.25, -0.2) is 0 Å². The van der Waals surface area contributed by atoms with E-state index in [0.717, 1.165) is 0 Å². The standard InChI is InChI=1S/C15H18N2O4/c1-16-12-10-11(15(19)17-5-8-20-9-6-17)2-3-13(12)21-7-4-14(16)18/h2-3,10H,4-9H2,1H3. The van der Waals surface area contributed by atoms with Gasteiger partial charge in [0.1, 0.15) is 5.75 Å². The van der Waals surface area contributed by atoms with E-state index in [1.54, 1.807) is 35.0 Å². The molecule has 3 rings (SSSR count). The monoisotopic (exact) mass is 290 g/mol. The number of carbonyl (C=O) groups is 2. The molecule has 1 aromatic rings. The van der Waals surface area contributed by atoms with Crippen LogP contribution in [-0.2, 0) is 9.53 Å². The van der Waals surface area contributed by atoms with Crippen LogP contribution >= 0.6 is 0 Å². The summed E-state index contributed by atoms with van der Waals surface area (Å²) in [7, 11) is 1.71. The zero-order valence-electron chi connectivity index (χ0n) is 12.0. The molecule has 2 heterocycles. The van der Waals surface area contributed by atoms with Gasteiger partial charge in [0, 0.05) is 25.7 Å². The van der Waals surface area contributed by atoms with Crippen molar-refractivity contribution >= 4 is 17.5 Å². The summed E-state index contributed by atoms with van der Waals surface area (Å²) in [6, 6.07) is 5.24. The maximum absolute atomic E-state index is 12.5. The van der Waals surface area contributed by atoms with Crippen LogP contribution < -0.4 is 9.64 Å². The molecule has 112 valence electrons. The maximum atomic E-state index is 12.5. The molecule has 1 aromatic carbocycles. The fourth-order valence-corrected chi connectivity index (χ4v) is 2.53. The summed E-state index contributed by atoms with van der Waals surface area (Å²) >= 11 is 0. The van der Waals surface area contributed by atoms with Crippen LogP contribution in [0, 0.1) is 0 Å². The highest BCUT2D eigenvalue weighted by Gasteiger charge is 2.24. The normalized spacial score (nSPS) is 18.8. The minimum atomic E-state index is -0.0359. The number of hydrogen-bond donors (Lipinski definition) is 0. The lowest BCUT2D eigenvalue weighted by molar-refractivity contribution is -0.118. The molecule has 0 unspecified atom stereocenters. The van der Waals surface area contributed by atoms with Gasteiger partial charge in [-0.15, -0.1) is 0 Å². The van der Waals surface area contributed by atoms with Gasteiger partial charge in [0.2, 0.25) is 5.91 Å². The Labute approximate surface area is 123 Å². The highest BCUT2D eigenvalue weighted by atomic mass is 16.5. The maximum Gasteiger partial charge on any atom is 0.254 e. The minimum absolute atomic E-state index is 0.00952. The Hall–Kier alpha value is -2.08. The van der Waals surface area contributed by atoms with Gasteiger partial charge in [0.05, 0.1) is 31.9 Å². The van der Waals surface area contributed by atoms with Gasteiger partial charge < -0.3 is 19.3 Å². The molecule has 0 bridgehead atoms. The van der Waals surface area contributed by atoms with E-state index in [1.807, 2.05) is 0 Å². The fourth-order valence-electron chi connectivity index (χ4n) is 2.53. The first kappa shape index (κ1) is 13.9.